The Morgan fingerprint density at radius 2 is 1.63 bits per heavy atom. The largest absolute Gasteiger partial charge is 0.505 e. The minimum absolute atomic E-state index is 0.0131. The summed E-state index contributed by atoms with van der Waals surface area (Å²) in [5.74, 6) is -0.916. The minimum atomic E-state index is -0.908. The van der Waals surface area contributed by atoms with Crippen LogP contribution in [0.15, 0.2) is 12.1 Å². The van der Waals surface area contributed by atoms with Crippen molar-refractivity contribution >= 4 is 29.4 Å². The molecule has 1 aromatic carbocycles. The fraction of sp³-hybridized carbons (Fsp3) is 0.778. The lowest BCUT2D eigenvalue weighted by molar-refractivity contribution is -0.197. The summed E-state index contributed by atoms with van der Waals surface area (Å²) >= 11 is 0. The van der Waals surface area contributed by atoms with Crippen molar-refractivity contribution < 1.29 is 53.4 Å². The monoisotopic (exact) mass is 830 g/mol. The van der Waals surface area contributed by atoms with Gasteiger partial charge in [0.1, 0.15) is 24.0 Å². The highest BCUT2D eigenvalue weighted by Crippen LogP contribution is 2.69. The smallest absolute Gasteiger partial charge is 0.306 e. The molecule has 4 aliphatic carbocycles. The number of esters is 1. The lowest BCUT2D eigenvalue weighted by Crippen LogP contribution is -2.59. The van der Waals surface area contributed by atoms with Gasteiger partial charge in [0.25, 0.3) is 5.91 Å². The summed E-state index contributed by atoms with van der Waals surface area (Å²) < 4.78 is 22.1. The Morgan fingerprint density at radius 3 is 2.36 bits per heavy atom. The van der Waals surface area contributed by atoms with E-state index in [2.05, 4.69) is 38.3 Å². The molecule has 5 rings (SSSR count). The van der Waals surface area contributed by atoms with Gasteiger partial charge in [0.05, 0.1) is 50.7 Å². The first kappa shape index (κ1) is 46.6. The Morgan fingerprint density at radius 1 is 0.898 bits per heavy atom. The average molecular weight is 830 g/mol. The van der Waals surface area contributed by atoms with E-state index in [1.807, 2.05) is 0 Å². The van der Waals surface area contributed by atoms with E-state index in [9.17, 15) is 34.5 Å². The molecule has 4 aliphatic rings. The number of hydrogen-bond donors (Lipinski definition) is 6. The number of methoxy groups -OCH3 is 1. The van der Waals surface area contributed by atoms with Crippen molar-refractivity contribution in [3.8, 4) is 11.5 Å². The van der Waals surface area contributed by atoms with E-state index in [4.69, 9.17) is 24.7 Å². The first-order valence-corrected chi connectivity index (χ1v) is 22.1. The number of rotatable bonds is 21. The molecule has 332 valence electrons. The zero-order chi connectivity index (χ0) is 43.0. The predicted octanol–water partition coefficient (Wildman–Crippen LogP) is 5.63. The van der Waals surface area contributed by atoms with E-state index in [-0.39, 0.29) is 97.5 Å². The number of amides is 3. The van der Waals surface area contributed by atoms with E-state index in [0.29, 0.717) is 24.2 Å². The number of fused-ring (bicyclic) bond motifs is 5. The van der Waals surface area contributed by atoms with Gasteiger partial charge in [-0.15, -0.1) is 0 Å². The number of ether oxygens (including phenoxy) is 4. The lowest BCUT2D eigenvalue weighted by atomic mass is 9.43. The van der Waals surface area contributed by atoms with E-state index < -0.39 is 35.2 Å². The van der Waals surface area contributed by atoms with E-state index >= 15 is 0 Å². The third-order valence-electron chi connectivity index (χ3n) is 14.8. The first-order valence-electron chi connectivity index (χ1n) is 22.1. The maximum atomic E-state index is 13.4. The maximum absolute atomic E-state index is 13.4. The molecular formula is C45H71N3O11. The molecule has 4 fully saturated rings. The van der Waals surface area contributed by atoms with Gasteiger partial charge < -0.3 is 50.6 Å². The molecule has 7 N–H and O–H groups in total. The number of benzene rings is 1. The number of anilines is 1. The van der Waals surface area contributed by atoms with Crippen LogP contribution in [0, 0.1) is 40.4 Å². The van der Waals surface area contributed by atoms with Crippen LogP contribution >= 0.6 is 0 Å². The van der Waals surface area contributed by atoms with Crippen LogP contribution in [0.4, 0.5) is 5.69 Å². The van der Waals surface area contributed by atoms with Gasteiger partial charge in [-0.25, -0.2) is 0 Å². The number of aliphatic hydroxyl groups excluding tert-OH is 1. The number of carbonyl (C=O) groups is 4. The minimum Gasteiger partial charge on any atom is -0.505 e. The molecule has 0 heterocycles. The number of nitrogens with two attached hydrogens (primary N) is 1. The second kappa shape index (κ2) is 20.4. The second-order valence-corrected chi connectivity index (χ2v) is 18.5. The predicted molar refractivity (Wildman–Crippen MR) is 222 cm³/mol. The van der Waals surface area contributed by atoms with Gasteiger partial charge >= 0.3 is 5.97 Å². The summed E-state index contributed by atoms with van der Waals surface area (Å²) in [5, 5.41) is 38.2. The van der Waals surface area contributed by atoms with Crippen molar-refractivity contribution in [2.75, 3.05) is 45.4 Å². The van der Waals surface area contributed by atoms with Gasteiger partial charge in [0.2, 0.25) is 11.8 Å². The van der Waals surface area contributed by atoms with Crippen LogP contribution < -0.4 is 21.1 Å². The van der Waals surface area contributed by atoms with Gasteiger partial charge in [0.15, 0.2) is 5.75 Å². The van der Waals surface area contributed by atoms with Crippen LogP contribution in [-0.2, 0) is 28.6 Å². The van der Waals surface area contributed by atoms with Gasteiger partial charge in [-0.3, -0.25) is 19.2 Å². The molecular weight excluding hydrogens is 759 g/mol. The van der Waals surface area contributed by atoms with Crippen LogP contribution in [0.2, 0.25) is 0 Å². The highest BCUT2D eigenvalue weighted by molar-refractivity contribution is 6.02. The van der Waals surface area contributed by atoms with Gasteiger partial charge in [-0.2, -0.15) is 0 Å². The summed E-state index contributed by atoms with van der Waals surface area (Å²) in [7, 11) is 1.32. The highest BCUT2D eigenvalue weighted by atomic mass is 16.5. The zero-order valence-electron chi connectivity index (χ0n) is 36.0. The van der Waals surface area contributed by atoms with E-state index in [1.54, 1.807) is 0 Å². The Bertz CT molecular complexity index is 1620. The Hall–Kier alpha value is -3.46. The summed E-state index contributed by atoms with van der Waals surface area (Å²) in [4.78, 5) is 50.0. The number of hydrogen-bond acceptors (Lipinski definition) is 11. The van der Waals surface area contributed by atoms with Crippen molar-refractivity contribution in [1.29, 1.82) is 0 Å². The van der Waals surface area contributed by atoms with Crippen LogP contribution in [0.5, 0.6) is 11.5 Å². The van der Waals surface area contributed by atoms with Gasteiger partial charge in [0, 0.05) is 18.9 Å². The third-order valence-corrected chi connectivity index (χ3v) is 14.8. The fourth-order valence-electron chi connectivity index (χ4n) is 11.9. The normalized spacial score (nSPS) is 30.9. The Kier molecular flexibility index (Phi) is 16.1. The second-order valence-electron chi connectivity index (χ2n) is 18.5. The number of phenols is 1. The molecule has 0 bridgehead atoms. The van der Waals surface area contributed by atoms with Gasteiger partial charge in [-0.1, -0.05) is 46.5 Å². The molecule has 59 heavy (non-hydrogen) atoms. The maximum Gasteiger partial charge on any atom is 0.306 e. The van der Waals surface area contributed by atoms with E-state index in [1.165, 1.54) is 32.1 Å². The molecule has 14 heteroatoms. The van der Waals surface area contributed by atoms with Crippen LogP contribution in [-0.4, -0.2) is 96.9 Å². The number of unbranched alkanes of at least 4 members (excludes halogenated alkanes) is 3. The average Bonchev–Trinajstić information content (AvgIpc) is 3.56. The Labute approximate surface area is 350 Å². The van der Waals surface area contributed by atoms with Crippen LogP contribution in [0.25, 0.3) is 0 Å². The molecule has 0 aromatic heterocycles. The zero-order valence-corrected chi connectivity index (χ0v) is 36.0. The third kappa shape index (κ3) is 10.9. The fourth-order valence-corrected chi connectivity index (χ4v) is 11.9. The van der Waals surface area contributed by atoms with Crippen molar-refractivity contribution in [3.63, 3.8) is 0 Å². The molecule has 0 saturated heterocycles. The van der Waals surface area contributed by atoms with Crippen LogP contribution in [0.1, 0.15) is 134 Å². The summed E-state index contributed by atoms with van der Waals surface area (Å²) in [6.07, 6.45) is 12.1. The highest BCUT2D eigenvalue weighted by Gasteiger charge is 2.64. The molecule has 4 saturated carbocycles. The number of aromatic hydroxyl groups is 1. The Balaban J connectivity index is 1.04. The van der Waals surface area contributed by atoms with Crippen molar-refractivity contribution in [3.05, 3.63) is 17.7 Å². The van der Waals surface area contributed by atoms with Crippen LogP contribution in [0.3, 0.4) is 0 Å². The molecule has 1 unspecified atom stereocenters. The molecule has 1 aromatic rings. The lowest BCUT2D eigenvalue weighted by Gasteiger charge is -2.63. The molecule has 0 aliphatic heterocycles. The summed E-state index contributed by atoms with van der Waals surface area (Å²) in [6.45, 7) is 9.43. The van der Waals surface area contributed by atoms with Crippen molar-refractivity contribution in [2.24, 2.45) is 46.2 Å². The number of carbonyl (C=O) groups excluding carboxylic acids is 4. The summed E-state index contributed by atoms with van der Waals surface area (Å²) in [6, 6.07) is 2.78. The SMILES string of the molecule is CCCCCC[C@](C)(O)[C@H]1CC[C@H]2C3C[C@H](OC(=O)CCC(=O)NCCOCCOCC(=O)Nc4ccc(OC)c(C(N)=O)c4O)[C@H]4C[C@@H](O)CC[C@]4(C)[C@H]3CC[C@@]21C. The molecule has 3 amide bonds. The van der Waals surface area contributed by atoms with Gasteiger partial charge in [-0.05, 0) is 111 Å². The topological polar surface area (TPSA) is 216 Å². The van der Waals surface area contributed by atoms with Crippen molar-refractivity contribution in [1.82, 2.24) is 5.32 Å². The number of nitrogens with one attached hydrogen (secondary N) is 2. The van der Waals surface area contributed by atoms with E-state index in [0.717, 1.165) is 64.2 Å². The molecule has 10 atom stereocenters. The molecule has 14 nitrogen and oxygen atoms in total. The number of primary amides is 1. The molecule has 0 spiro atoms. The summed E-state index contributed by atoms with van der Waals surface area (Å²) in [5.41, 5.74) is 4.35. The quantitative estimate of drug-likeness (QED) is 0.0507. The standard InChI is InChI=1S/C45H71N3O11/c1-6-7-8-9-18-45(4,55)36-13-10-30-29-26-35(32-25-28(49)16-19-43(32,2)31(29)17-20-44(30,36)3)59-39(52)15-14-37(50)47-21-22-57-23-24-58-27-38(51)48-33-11-12-34(56-5)40(41(33)53)42(46)54/h11-12,28-32,35-36,49,53,55H,6-10,13-27H2,1-5H3,(H2,46,54)(H,47,50)(H,48,51)/t28-,29?,30-,31-,32+,35-,36-,43+,44-,45-/m0/s1. The molecule has 0 radical (unpaired) electrons. The van der Waals surface area contributed by atoms with Crippen molar-refractivity contribution in [2.45, 2.75) is 142 Å². The first-order chi connectivity index (χ1) is 28.0. The number of aliphatic hydroxyl groups is 2.